The van der Waals surface area contributed by atoms with Crippen LogP contribution in [0.4, 0.5) is 0 Å². The van der Waals surface area contributed by atoms with Gasteiger partial charge in [0.2, 0.25) is 10.0 Å². The van der Waals surface area contributed by atoms with Crippen molar-refractivity contribution >= 4 is 15.9 Å². The van der Waals surface area contributed by atoms with Crippen molar-refractivity contribution in [2.75, 3.05) is 52.7 Å². The third-order valence-electron chi connectivity index (χ3n) is 5.65. The molecule has 0 aromatic carbocycles. The fraction of sp³-hybridized carbons (Fsp3) is 0.778. The minimum atomic E-state index is -3.20. The van der Waals surface area contributed by atoms with Gasteiger partial charge >= 0.3 is 0 Å². The minimum absolute atomic E-state index is 0.155. The highest BCUT2D eigenvalue weighted by atomic mass is 32.2. The van der Waals surface area contributed by atoms with Crippen molar-refractivity contribution in [3.05, 3.63) is 18.4 Å². The molecule has 9 nitrogen and oxygen atoms in total. The zero-order valence-corrected chi connectivity index (χ0v) is 17.4. The first-order valence-corrected chi connectivity index (χ1v) is 11.6. The highest BCUT2D eigenvalue weighted by Crippen LogP contribution is 2.24. The van der Waals surface area contributed by atoms with E-state index in [0.29, 0.717) is 37.9 Å². The third-order valence-corrected chi connectivity index (χ3v) is 6.92. The molecule has 0 radical (unpaired) electrons. The average molecular weight is 415 g/mol. The van der Waals surface area contributed by atoms with Crippen LogP contribution in [0.25, 0.3) is 0 Å². The molecule has 158 valence electrons. The number of carbonyl (C=O) groups excluding carboxylic acids is 1. The van der Waals surface area contributed by atoms with Crippen LogP contribution < -0.4 is 0 Å². The molecule has 2 fully saturated rings. The largest absolute Gasteiger partial charge is 0.451 e. The molecular formula is C18H30N4O5S. The van der Waals surface area contributed by atoms with Crippen molar-refractivity contribution in [3.8, 4) is 0 Å². The molecule has 3 heterocycles. The van der Waals surface area contributed by atoms with Crippen molar-refractivity contribution < 1.29 is 22.4 Å². The van der Waals surface area contributed by atoms with Crippen LogP contribution in [-0.2, 0) is 14.8 Å². The summed E-state index contributed by atoms with van der Waals surface area (Å²) >= 11 is 0. The number of ether oxygens (including phenoxy) is 1. The molecule has 2 saturated heterocycles. The summed E-state index contributed by atoms with van der Waals surface area (Å²) in [6.07, 6.45) is 7.54. The number of piperidine rings is 1. The van der Waals surface area contributed by atoms with Gasteiger partial charge in [-0.25, -0.2) is 17.7 Å². The van der Waals surface area contributed by atoms with Gasteiger partial charge in [-0.05, 0) is 25.7 Å². The van der Waals surface area contributed by atoms with Gasteiger partial charge in [0.15, 0.2) is 12.1 Å². The topological polar surface area (TPSA) is 96.2 Å². The van der Waals surface area contributed by atoms with Gasteiger partial charge in [0.05, 0.1) is 6.26 Å². The maximum atomic E-state index is 12.4. The van der Waals surface area contributed by atoms with E-state index in [9.17, 15) is 13.2 Å². The predicted octanol–water partition coefficient (Wildman–Crippen LogP) is 0.652. The van der Waals surface area contributed by atoms with E-state index < -0.39 is 10.0 Å². The average Bonchev–Trinajstić information content (AvgIpc) is 3.22. The lowest BCUT2D eigenvalue weighted by molar-refractivity contribution is 0.00316. The molecule has 10 heteroatoms. The third kappa shape index (κ3) is 5.31. The number of hydrogen-bond acceptors (Lipinski definition) is 7. The van der Waals surface area contributed by atoms with E-state index in [0.717, 1.165) is 38.9 Å². The fourth-order valence-electron chi connectivity index (χ4n) is 4.05. The van der Waals surface area contributed by atoms with E-state index in [4.69, 9.17) is 9.15 Å². The normalized spacial score (nSPS) is 22.5. The summed E-state index contributed by atoms with van der Waals surface area (Å²) in [5, 5.41) is 0. The number of hydrogen-bond donors (Lipinski definition) is 0. The number of aromatic nitrogens is 1. The van der Waals surface area contributed by atoms with Crippen molar-refractivity contribution in [1.29, 1.82) is 0 Å². The summed E-state index contributed by atoms with van der Waals surface area (Å²) in [5.41, 5.74) is 0.293. The van der Waals surface area contributed by atoms with Crippen LogP contribution >= 0.6 is 0 Å². The Morgan fingerprint density at radius 1 is 1.25 bits per heavy atom. The van der Waals surface area contributed by atoms with Gasteiger partial charge in [-0.3, -0.25) is 9.69 Å². The number of likely N-dealkylation sites (N-methyl/N-ethyl adjacent to an activating group) is 1. The molecule has 0 bridgehead atoms. The number of nitrogens with zero attached hydrogens (tertiary/aromatic N) is 4. The van der Waals surface area contributed by atoms with Crippen LogP contribution in [0, 0.1) is 0 Å². The van der Waals surface area contributed by atoms with Crippen LogP contribution in [0.2, 0.25) is 0 Å². The van der Waals surface area contributed by atoms with E-state index in [1.807, 2.05) is 0 Å². The van der Waals surface area contributed by atoms with Crippen molar-refractivity contribution in [3.63, 3.8) is 0 Å². The Bertz CT molecular complexity index is 733. The SMILES string of the molecule is CN(CCN(C1CCOCC1)C1CCCN(S(C)(=O)=O)C1)C(=O)c1cocn1. The Hall–Kier alpha value is -1.49. The Morgan fingerprint density at radius 3 is 2.64 bits per heavy atom. The molecule has 0 aliphatic carbocycles. The van der Waals surface area contributed by atoms with Crippen LogP contribution in [0.5, 0.6) is 0 Å². The minimum Gasteiger partial charge on any atom is -0.451 e. The number of oxazole rings is 1. The van der Waals surface area contributed by atoms with Crippen molar-refractivity contribution in [2.24, 2.45) is 0 Å². The molecular weight excluding hydrogens is 384 g/mol. The molecule has 1 aromatic heterocycles. The van der Waals surface area contributed by atoms with Gasteiger partial charge in [-0.15, -0.1) is 0 Å². The Morgan fingerprint density at radius 2 is 2.00 bits per heavy atom. The molecule has 0 spiro atoms. The smallest absolute Gasteiger partial charge is 0.275 e. The maximum Gasteiger partial charge on any atom is 0.275 e. The molecule has 1 aromatic rings. The molecule has 1 amide bonds. The van der Waals surface area contributed by atoms with Crippen LogP contribution in [-0.4, -0.2) is 98.2 Å². The monoisotopic (exact) mass is 414 g/mol. The second kappa shape index (κ2) is 9.34. The number of amides is 1. The molecule has 1 atom stereocenters. The van der Waals surface area contributed by atoms with E-state index in [-0.39, 0.29) is 11.9 Å². The van der Waals surface area contributed by atoms with Crippen LogP contribution in [0.3, 0.4) is 0 Å². The fourth-order valence-corrected chi connectivity index (χ4v) is 4.96. The standard InChI is InChI=1S/C18H30N4O5S/c1-20(18(23)17-13-27-14-19-17)8-9-22(15-5-10-26-11-6-15)16-4-3-7-21(12-16)28(2,24)25/h13-16H,3-12H2,1-2H3. The molecule has 2 aliphatic heterocycles. The summed E-state index contributed by atoms with van der Waals surface area (Å²) in [6.45, 7) is 3.76. The summed E-state index contributed by atoms with van der Waals surface area (Å²) in [4.78, 5) is 20.4. The molecule has 0 saturated carbocycles. The summed E-state index contributed by atoms with van der Waals surface area (Å²) in [6, 6.07) is 0.496. The molecule has 2 aliphatic rings. The highest BCUT2D eigenvalue weighted by molar-refractivity contribution is 7.88. The van der Waals surface area contributed by atoms with Gasteiger partial charge in [0.25, 0.3) is 5.91 Å². The summed E-state index contributed by atoms with van der Waals surface area (Å²) in [5.74, 6) is -0.179. The van der Waals surface area contributed by atoms with Crippen LogP contribution in [0.1, 0.15) is 36.2 Å². The quantitative estimate of drug-likeness (QED) is 0.646. The van der Waals surface area contributed by atoms with Gasteiger partial charge in [0, 0.05) is 58.5 Å². The van der Waals surface area contributed by atoms with E-state index in [1.165, 1.54) is 18.9 Å². The Balaban J connectivity index is 1.67. The zero-order valence-electron chi connectivity index (χ0n) is 16.6. The first-order chi connectivity index (χ1) is 13.4. The van der Waals surface area contributed by atoms with Gasteiger partial charge in [0.1, 0.15) is 6.26 Å². The number of sulfonamides is 1. The first-order valence-electron chi connectivity index (χ1n) is 9.78. The number of rotatable bonds is 7. The second-order valence-electron chi connectivity index (χ2n) is 7.60. The Kier molecular flexibility index (Phi) is 7.08. The molecule has 3 rings (SSSR count). The lowest BCUT2D eigenvalue weighted by Gasteiger charge is -2.44. The predicted molar refractivity (Wildman–Crippen MR) is 103 cm³/mol. The van der Waals surface area contributed by atoms with Gasteiger partial charge < -0.3 is 14.1 Å². The van der Waals surface area contributed by atoms with Crippen molar-refractivity contribution in [1.82, 2.24) is 19.1 Å². The van der Waals surface area contributed by atoms with Gasteiger partial charge in [-0.2, -0.15) is 0 Å². The highest BCUT2D eigenvalue weighted by Gasteiger charge is 2.34. The van der Waals surface area contributed by atoms with E-state index >= 15 is 0 Å². The lowest BCUT2D eigenvalue weighted by atomic mass is 9.99. The molecule has 0 N–H and O–H groups in total. The summed E-state index contributed by atoms with van der Waals surface area (Å²) < 4.78 is 36.1. The molecule has 28 heavy (non-hydrogen) atoms. The maximum absolute atomic E-state index is 12.4. The van der Waals surface area contributed by atoms with Crippen molar-refractivity contribution in [2.45, 2.75) is 37.8 Å². The summed E-state index contributed by atoms with van der Waals surface area (Å²) in [7, 11) is -1.45. The second-order valence-corrected chi connectivity index (χ2v) is 9.58. The number of carbonyl (C=O) groups is 1. The first kappa shape index (κ1) is 21.2. The van der Waals surface area contributed by atoms with Crippen LogP contribution in [0.15, 0.2) is 17.1 Å². The van der Waals surface area contributed by atoms with Gasteiger partial charge in [-0.1, -0.05) is 0 Å². The Labute approximate surface area is 166 Å². The molecule has 1 unspecified atom stereocenters. The zero-order chi connectivity index (χ0) is 20.1. The van der Waals surface area contributed by atoms with E-state index in [1.54, 1.807) is 16.3 Å². The van der Waals surface area contributed by atoms with E-state index in [2.05, 4.69) is 9.88 Å². The lowest BCUT2D eigenvalue weighted by Crippen LogP contribution is -2.55.